The highest BCUT2D eigenvalue weighted by Gasteiger charge is 2.31. The van der Waals surface area contributed by atoms with Gasteiger partial charge in [-0.3, -0.25) is 0 Å². The first-order valence-electron chi connectivity index (χ1n) is 5.80. The Hall–Kier alpha value is -0.0800. The summed E-state index contributed by atoms with van der Waals surface area (Å²) in [6.07, 6.45) is 9.29. The second kappa shape index (κ2) is 3.97. The molecule has 0 aromatic carbocycles. The van der Waals surface area contributed by atoms with Crippen LogP contribution in [-0.4, -0.2) is 30.1 Å². The van der Waals surface area contributed by atoms with Crippen molar-refractivity contribution in [2.24, 2.45) is 5.73 Å². The van der Waals surface area contributed by atoms with E-state index in [2.05, 4.69) is 4.90 Å². The van der Waals surface area contributed by atoms with Gasteiger partial charge in [0.25, 0.3) is 0 Å². The molecular weight excluding hydrogens is 160 g/mol. The third kappa shape index (κ3) is 2.44. The Labute approximate surface area is 81.5 Å². The normalized spacial score (nSPS) is 27.5. The van der Waals surface area contributed by atoms with Crippen molar-refractivity contribution >= 4 is 0 Å². The molecule has 2 heteroatoms. The van der Waals surface area contributed by atoms with Crippen LogP contribution >= 0.6 is 0 Å². The second-order valence-corrected chi connectivity index (χ2v) is 4.87. The number of rotatable bonds is 4. The molecule has 0 aromatic heterocycles. The van der Waals surface area contributed by atoms with E-state index in [1.54, 1.807) is 0 Å². The first-order valence-corrected chi connectivity index (χ1v) is 5.80. The van der Waals surface area contributed by atoms with Gasteiger partial charge < -0.3 is 10.6 Å². The number of likely N-dealkylation sites (tertiary alicyclic amines) is 1. The molecule has 1 aliphatic heterocycles. The van der Waals surface area contributed by atoms with Crippen LogP contribution in [0.1, 0.15) is 44.9 Å². The maximum Gasteiger partial charge on any atom is 0.0154 e. The number of hydrogen-bond acceptors (Lipinski definition) is 2. The summed E-state index contributed by atoms with van der Waals surface area (Å²) in [6.45, 7) is 3.95. The van der Waals surface area contributed by atoms with Gasteiger partial charge in [-0.15, -0.1) is 0 Å². The highest BCUT2D eigenvalue weighted by atomic mass is 15.1. The molecule has 2 nitrogen and oxygen atoms in total. The Bertz CT molecular complexity index is 157. The lowest BCUT2D eigenvalue weighted by Crippen LogP contribution is -2.46. The Morgan fingerprint density at radius 3 is 2.31 bits per heavy atom. The summed E-state index contributed by atoms with van der Waals surface area (Å²) in [5.74, 6) is 0. The zero-order valence-electron chi connectivity index (χ0n) is 8.60. The molecule has 1 heterocycles. The Balaban J connectivity index is 1.57. The fraction of sp³-hybridized carbons (Fsp3) is 1.00. The molecule has 1 saturated carbocycles. The largest absolute Gasteiger partial charge is 0.325 e. The van der Waals surface area contributed by atoms with Gasteiger partial charge in [-0.25, -0.2) is 0 Å². The highest BCUT2D eigenvalue weighted by Crippen LogP contribution is 2.33. The van der Waals surface area contributed by atoms with Crippen LogP contribution in [0.3, 0.4) is 0 Å². The van der Waals surface area contributed by atoms with Gasteiger partial charge in [0.1, 0.15) is 0 Å². The van der Waals surface area contributed by atoms with Crippen molar-refractivity contribution in [2.45, 2.75) is 50.5 Å². The molecule has 0 bridgehead atoms. The molecule has 1 saturated heterocycles. The molecule has 0 unspecified atom stereocenters. The van der Waals surface area contributed by atoms with Crippen LogP contribution in [0, 0.1) is 0 Å². The predicted octanol–water partition coefficient (Wildman–Crippen LogP) is 1.74. The minimum atomic E-state index is 0.250. The fourth-order valence-electron chi connectivity index (χ4n) is 2.54. The van der Waals surface area contributed by atoms with Crippen LogP contribution in [0.15, 0.2) is 0 Å². The minimum Gasteiger partial charge on any atom is -0.325 e. The summed E-state index contributed by atoms with van der Waals surface area (Å²) >= 11 is 0. The first-order chi connectivity index (χ1) is 6.29. The molecule has 0 radical (unpaired) electrons. The molecule has 0 aromatic rings. The SMILES string of the molecule is NC1(CCCN2CCCC2)CCC1. The monoisotopic (exact) mass is 182 g/mol. The van der Waals surface area contributed by atoms with E-state index >= 15 is 0 Å². The van der Waals surface area contributed by atoms with Gasteiger partial charge in [0.15, 0.2) is 0 Å². The van der Waals surface area contributed by atoms with Crippen molar-refractivity contribution in [1.29, 1.82) is 0 Å². The highest BCUT2D eigenvalue weighted by molar-refractivity contribution is 4.92. The Morgan fingerprint density at radius 2 is 1.77 bits per heavy atom. The van der Waals surface area contributed by atoms with Gasteiger partial charge >= 0.3 is 0 Å². The molecule has 1 aliphatic carbocycles. The zero-order valence-corrected chi connectivity index (χ0v) is 8.60. The van der Waals surface area contributed by atoms with E-state index < -0.39 is 0 Å². The summed E-state index contributed by atoms with van der Waals surface area (Å²) in [5, 5.41) is 0. The Morgan fingerprint density at radius 1 is 1.08 bits per heavy atom. The summed E-state index contributed by atoms with van der Waals surface area (Å²) in [5.41, 5.74) is 6.42. The zero-order chi connectivity index (χ0) is 9.15. The maximum atomic E-state index is 6.17. The first kappa shape index (κ1) is 9.47. The predicted molar refractivity (Wildman–Crippen MR) is 55.7 cm³/mol. The fourth-order valence-corrected chi connectivity index (χ4v) is 2.54. The Kier molecular flexibility index (Phi) is 2.89. The van der Waals surface area contributed by atoms with Crippen molar-refractivity contribution in [3.8, 4) is 0 Å². The van der Waals surface area contributed by atoms with Gasteiger partial charge in [-0.2, -0.15) is 0 Å². The summed E-state index contributed by atoms with van der Waals surface area (Å²) in [7, 11) is 0. The third-order valence-corrected chi connectivity index (χ3v) is 3.70. The molecular formula is C11H22N2. The standard InChI is InChI=1S/C11H22N2/c12-11(5-3-6-11)7-4-10-13-8-1-2-9-13/h1-10,12H2. The van der Waals surface area contributed by atoms with E-state index in [4.69, 9.17) is 5.73 Å². The smallest absolute Gasteiger partial charge is 0.0154 e. The van der Waals surface area contributed by atoms with E-state index in [0.717, 1.165) is 0 Å². The lowest BCUT2D eigenvalue weighted by molar-refractivity contribution is 0.212. The van der Waals surface area contributed by atoms with Gasteiger partial charge in [0, 0.05) is 5.54 Å². The van der Waals surface area contributed by atoms with E-state index in [0.29, 0.717) is 0 Å². The number of nitrogens with two attached hydrogens (primary N) is 1. The third-order valence-electron chi connectivity index (χ3n) is 3.70. The van der Waals surface area contributed by atoms with Crippen LogP contribution in [0.5, 0.6) is 0 Å². The van der Waals surface area contributed by atoms with Gasteiger partial charge in [0.2, 0.25) is 0 Å². The number of nitrogens with zero attached hydrogens (tertiary/aromatic N) is 1. The van der Waals surface area contributed by atoms with E-state index in [1.807, 2.05) is 0 Å². The summed E-state index contributed by atoms with van der Waals surface area (Å²) < 4.78 is 0. The molecule has 2 aliphatic rings. The van der Waals surface area contributed by atoms with Crippen molar-refractivity contribution in [2.75, 3.05) is 19.6 Å². The molecule has 0 spiro atoms. The molecule has 2 fully saturated rings. The molecule has 2 rings (SSSR count). The summed E-state index contributed by atoms with van der Waals surface area (Å²) in [4.78, 5) is 2.59. The van der Waals surface area contributed by atoms with E-state index in [1.165, 1.54) is 64.6 Å². The minimum absolute atomic E-state index is 0.250. The van der Waals surface area contributed by atoms with Gasteiger partial charge in [0.05, 0.1) is 0 Å². The molecule has 2 N–H and O–H groups in total. The molecule has 13 heavy (non-hydrogen) atoms. The quantitative estimate of drug-likeness (QED) is 0.717. The van der Waals surface area contributed by atoms with Crippen LogP contribution in [0.2, 0.25) is 0 Å². The van der Waals surface area contributed by atoms with Gasteiger partial charge in [-0.1, -0.05) is 0 Å². The average Bonchev–Trinajstić information content (AvgIpc) is 2.54. The molecule has 0 amide bonds. The van der Waals surface area contributed by atoms with Crippen LogP contribution < -0.4 is 5.73 Å². The average molecular weight is 182 g/mol. The van der Waals surface area contributed by atoms with Crippen molar-refractivity contribution in [1.82, 2.24) is 4.90 Å². The topological polar surface area (TPSA) is 29.3 Å². The molecule has 76 valence electrons. The second-order valence-electron chi connectivity index (χ2n) is 4.87. The van der Waals surface area contributed by atoms with Gasteiger partial charge in [-0.05, 0) is 64.6 Å². The number of hydrogen-bond donors (Lipinski definition) is 1. The lowest BCUT2D eigenvalue weighted by Gasteiger charge is -2.38. The van der Waals surface area contributed by atoms with Crippen molar-refractivity contribution in [3.63, 3.8) is 0 Å². The van der Waals surface area contributed by atoms with Crippen molar-refractivity contribution < 1.29 is 0 Å². The van der Waals surface area contributed by atoms with E-state index in [-0.39, 0.29) is 5.54 Å². The maximum absolute atomic E-state index is 6.17. The van der Waals surface area contributed by atoms with E-state index in [9.17, 15) is 0 Å². The van der Waals surface area contributed by atoms with Crippen molar-refractivity contribution in [3.05, 3.63) is 0 Å². The van der Waals surface area contributed by atoms with Crippen LogP contribution in [0.25, 0.3) is 0 Å². The molecule has 0 atom stereocenters. The van der Waals surface area contributed by atoms with Crippen LogP contribution in [-0.2, 0) is 0 Å². The lowest BCUT2D eigenvalue weighted by atomic mass is 9.75. The summed E-state index contributed by atoms with van der Waals surface area (Å²) in [6, 6.07) is 0. The van der Waals surface area contributed by atoms with Crippen LogP contribution in [0.4, 0.5) is 0 Å².